The Labute approximate surface area is 197 Å². The Morgan fingerprint density at radius 2 is 1.64 bits per heavy atom. The molecule has 4 rings (SSSR count). The summed E-state index contributed by atoms with van der Waals surface area (Å²) in [5.41, 5.74) is 1.55. The number of carbonyl (C=O) groups excluding carboxylic acids is 1. The van der Waals surface area contributed by atoms with Crippen LogP contribution in [0.5, 0.6) is 11.5 Å². The van der Waals surface area contributed by atoms with E-state index in [2.05, 4.69) is 10.2 Å². The highest BCUT2D eigenvalue weighted by Crippen LogP contribution is 2.29. The number of hydrogen-bond acceptors (Lipinski definition) is 7. The number of hydrogen-bond donors (Lipinski definition) is 1. The number of thiophene rings is 1. The molecular formula is C23H25N3O5S2. The van der Waals surface area contributed by atoms with Gasteiger partial charge in [0.1, 0.15) is 21.3 Å². The van der Waals surface area contributed by atoms with E-state index in [4.69, 9.17) is 9.47 Å². The number of benzene rings is 2. The second-order valence-electron chi connectivity index (χ2n) is 7.39. The highest BCUT2D eigenvalue weighted by Gasteiger charge is 2.32. The normalized spacial score (nSPS) is 14.7. The number of anilines is 2. The van der Waals surface area contributed by atoms with Crippen LogP contribution in [-0.2, 0) is 10.0 Å². The molecule has 0 radical (unpaired) electrons. The molecule has 1 N–H and O–H groups in total. The lowest BCUT2D eigenvalue weighted by molar-refractivity contribution is 0.102. The lowest BCUT2D eigenvalue weighted by Crippen LogP contribution is -2.48. The van der Waals surface area contributed by atoms with E-state index in [-0.39, 0.29) is 9.77 Å². The first-order valence-corrected chi connectivity index (χ1v) is 12.7. The zero-order valence-electron chi connectivity index (χ0n) is 18.4. The summed E-state index contributed by atoms with van der Waals surface area (Å²) in [6, 6.07) is 16.1. The standard InChI is InChI=1S/C23H25N3O5S2/c1-30-19-8-6-17(7-9-19)24-23(27)22-21(10-15-32-22)33(28,29)26-13-11-25(12-14-26)18-4-3-5-20(16-18)31-2/h3-10,15-16H,11-14H2,1-2H3,(H,24,27). The predicted octanol–water partition coefficient (Wildman–Crippen LogP) is 3.53. The van der Waals surface area contributed by atoms with Crippen molar-refractivity contribution >= 4 is 38.6 Å². The third-order valence-corrected chi connectivity index (χ3v) is 8.44. The summed E-state index contributed by atoms with van der Waals surface area (Å²) in [7, 11) is -0.624. The van der Waals surface area contributed by atoms with Gasteiger partial charge in [-0.2, -0.15) is 4.31 Å². The summed E-state index contributed by atoms with van der Waals surface area (Å²) >= 11 is 1.11. The van der Waals surface area contributed by atoms with Gasteiger partial charge >= 0.3 is 0 Å². The Hall–Kier alpha value is -3.08. The van der Waals surface area contributed by atoms with Crippen LogP contribution in [0.25, 0.3) is 0 Å². The third kappa shape index (κ3) is 4.97. The smallest absolute Gasteiger partial charge is 0.267 e. The number of carbonyl (C=O) groups is 1. The summed E-state index contributed by atoms with van der Waals surface area (Å²) in [6.07, 6.45) is 0. The molecule has 2 heterocycles. The Kier molecular flexibility index (Phi) is 6.87. The lowest BCUT2D eigenvalue weighted by atomic mass is 10.2. The van der Waals surface area contributed by atoms with E-state index in [1.807, 2.05) is 24.3 Å². The number of methoxy groups -OCH3 is 2. The zero-order valence-corrected chi connectivity index (χ0v) is 20.0. The maximum atomic E-state index is 13.4. The second kappa shape index (κ2) is 9.82. The van der Waals surface area contributed by atoms with E-state index in [9.17, 15) is 13.2 Å². The summed E-state index contributed by atoms with van der Waals surface area (Å²) < 4.78 is 38.5. The van der Waals surface area contributed by atoms with E-state index in [0.717, 1.165) is 22.8 Å². The van der Waals surface area contributed by atoms with Crippen LogP contribution in [-0.4, -0.2) is 59.0 Å². The van der Waals surface area contributed by atoms with Crippen molar-refractivity contribution in [1.29, 1.82) is 0 Å². The summed E-state index contributed by atoms with van der Waals surface area (Å²) in [5.74, 6) is 0.970. The van der Waals surface area contributed by atoms with Crippen molar-refractivity contribution in [2.75, 3.05) is 50.6 Å². The predicted molar refractivity (Wildman–Crippen MR) is 129 cm³/mol. The van der Waals surface area contributed by atoms with Crippen molar-refractivity contribution in [2.45, 2.75) is 4.90 Å². The fourth-order valence-electron chi connectivity index (χ4n) is 3.66. The van der Waals surface area contributed by atoms with Crippen LogP contribution < -0.4 is 19.7 Å². The molecule has 1 aromatic heterocycles. The van der Waals surface area contributed by atoms with Crippen LogP contribution in [0.4, 0.5) is 11.4 Å². The van der Waals surface area contributed by atoms with Gasteiger partial charge in [-0.15, -0.1) is 11.3 Å². The minimum Gasteiger partial charge on any atom is -0.497 e. The van der Waals surface area contributed by atoms with Crippen molar-refractivity contribution in [2.24, 2.45) is 0 Å². The number of ether oxygens (including phenoxy) is 2. The van der Waals surface area contributed by atoms with Gasteiger partial charge in [0, 0.05) is 43.6 Å². The van der Waals surface area contributed by atoms with E-state index < -0.39 is 15.9 Å². The van der Waals surface area contributed by atoms with Crippen LogP contribution in [0.1, 0.15) is 9.67 Å². The van der Waals surface area contributed by atoms with Crippen LogP contribution in [0.3, 0.4) is 0 Å². The molecule has 1 fully saturated rings. The molecule has 174 valence electrons. The average Bonchev–Trinajstić information content (AvgIpc) is 3.36. The first-order chi connectivity index (χ1) is 15.9. The third-order valence-electron chi connectivity index (χ3n) is 5.46. The molecule has 1 aliphatic rings. The molecule has 1 aliphatic heterocycles. The number of amides is 1. The maximum Gasteiger partial charge on any atom is 0.267 e. The first-order valence-electron chi connectivity index (χ1n) is 10.3. The van der Waals surface area contributed by atoms with Gasteiger partial charge in [0.05, 0.1) is 14.2 Å². The molecule has 1 amide bonds. The van der Waals surface area contributed by atoms with E-state index in [1.165, 1.54) is 10.4 Å². The van der Waals surface area contributed by atoms with Crippen LogP contribution in [0.2, 0.25) is 0 Å². The molecule has 0 bridgehead atoms. The van der Waals surface area contributed by atoms with E-state index in [0.29, 0.717) is 37.6 Å². The highest BCUT2D eigenvalue weighted by atomic mass is 32.2. The second-order valence-corrected chi connectivity index (χ2v) is 10.2. The molecule has 0 saturated carbocycles. The first kappa shape index (κ1) is 23.1. The summed E-state index contributed by atoms with van der Waals surface area (Å²) in [4.78, 5) is 15.2. The van der Waals surface area contributed by atoms with Gasteiger partial charge in [0.2, 0.25) is 10.0 Å². The maximum absolute atomic E-state index is 13.4. The lowest BCUT2D eigenvalue weighted by Gasteiger charge is -2.35. The summed E-state index contributed by atoms with van der Waals surface area (Å²) in [5, 5.41) is 4.39. The van der Waals surface area contributed by atoms with Gasteiger partial charge in [-0.25, -0.2) is 8.42 Å². The van der Waals surface area contributed by atoms with Gasteiger partial charge in [0.15, 0.2) is 0 Å². The Bertz CT molecular complexity index is 1220. The molecule has 1 saturated heterocycles. The molecule has 10 heteroatoms. The fourth-order valence-corrected chi connectivity index (χ4v) is 6.38. The molecular weight excluding hydrogens is 462 g/mol. The van der Waals surface area contributed by atoms with Crippen molar-refractivity contribution in [3.8, 4) is 11.5 Å². The van der Waals surface area contributed by atoms with Crippen LogP contribution in [0, 0.1) is 0 Å². The molecule has 3 aromatic rings. The highest BCUT2D eigenvalue weighted by molar-refractivity contribution is 7.89. The number of rotatable bonds is 7. The number of nitrogens with zero attached hydrogens (tertiary/aromatic N) is 2. The molecule has 8 nitrogen and oxygen atoms in total. The zero-order chi connectivity index (χ0) is 23.4. The quantitative estimate of drug-likeness (QED) is 0.549. The Morgan fingerprint density at radius 1 is 0.939 bits per heavy atom. The van der Waals surface area contributed by atoms with Crippen LogP contribution in [0.15, 0.2) is 64.9 Å². The number of piperazine rings is 1. The van der Waals surface area contributed by atoms with E-state index >= 15 is 0 Å². The molecule has 33 heavy (non-hydrogen) atoms. The van der Waals surface area contributed by atoms with Gasteiger partial charge in [0.25, 0.3) is 5.91 Å². The van der Waals surface area contributed by atoms with Gasteiger partial charge in [-0.3, -0.25) is 4.79 Å². The minimum atomic E-state index is -3.80. The molecule has 0 spiro atoms. The summed E-state index contributed by atoms with van der Waals surface area (Å²) in [6.45, 7) is 1.75. The Morgan fingerprint density at radius 3 is 2.30 bits per heavy atom. The van der Waals surface area contributed by atoms with Crippen LogP contribution >= 0.6 is 11.3 Å². The van der Waals surface area contributed by atoms with Gasteiger partial charge < -0.3 is 19.7 Å². The monoisotopic (exact) mass is 487 g/mol. The van der Waals surface area contributed by atoms with Crippen molar-refractivity contribution in [3.63, 3.8) is 0 Å². The van der Waals surface area contributed by atoms with Crippen molar-refractivity contribution in [3.05, 3.63) is 64.9 Å². The number of sulfonamides is 1. The Balaban J connectivity index is 1.46. The van der Waals surface area contributed by atoms with E-state index in [1.54, 1.807) is 43.9 Å². The molecule has 0 atom stereocenters. The topological polar surface area (TPSA) is 88.2 Å². The largest absolute Gasteiger partial charge is 0.497 e. The number of nitrogens with one attached hydrogen (secondary N) is 1. The molecule has 2 aromatic carbocycles. The van der Waals surface area contributed by atoms with Gasteiger partial charge in [-0.05, 0) is 47.8 Å². The average molecular weight is 488 g/mol. The molecule has 0 unspecified atom stereocenters. The molecule has 0 aliphatic carbocycles. The fraction of sp³-hybridized carbons (Fsp3) is 0.261. The SMILES string of the molecule is COc1ccc(NC(=O)c2sccc2S(=O)(=O)N2CCN(c3cccc(OC)c3)CC2)cc1. The van der Waals surface area contributed by atoms with Gasteiger partial charge in [-0.1, -0.05) is 6.07 Å². The van der Waals surface area contributed by atoms with Crippen molar-refractivity contribution < 1.29 is 22.7 Å². The minimum absolute atomic E-state index is 0.0355. The van der Waals surface area contributed by atoms with Crippen molar-refractivity contribution in [1.82, 2.24) is 4.31 Å².